The molecule has 0 saturated carbocycles. The van der Waals surface area contributed by atoms with Gasteiger partial charge in [-0.2, -0.15) is 0 Å². The summed E-state index contributed by atoms with van der Waals surface area (Å²) in [6, 6.07) is 20.9. The maximum atomic E-state index is 8.73. The Balaban J connectivity index is 0.00000256. The third-order valence-corrected chi connectivity index (χ3v) is 5.76. The second-order valence-corrected chi connectivity index (χ2v) is 7.80. The average Bonchev–Trinajstić information content (AvgIpc) is 2.98. The maximum Gasteiger partial charge on any atom is 0.203 e. The number of benzene rings is 3. The smallest absolute Gasteiger partial charge is 0.203 e. The molecule has 0 unspecified atom stereocenters. The fraction of sp³-hybridized carbons (Fsp3) is 0.136. The summed E-state index contributed by atoms with van der Waals surface area (Å²) in [5, 5.41) is 10.3. The molecule has 1 heterocycles. The molecule has 156 valence electrons. The number of rotatable bonds is 6. The van der Waals surface area contributed by atoms with Gasteiger partial charge >= 0.3 is 0 Å². The molecule has 4 rings (SSSR count). The van der Waals surface area contributed by atoms with Gasteiger partial charge in [0.1, 0.15) is 12.4 Å². The molecule has 0 saturated heterocycles. The van der Waals surface area contributed by atoms with Crippen molar-refractivity contribution >= 4 is 62.8 Å². The van der Waals surface area contributed by atoms with E-state index >= 15 is 0 Å². The van der Waals surface area contributed by atoms with Crippen molar-refractivity contribution < 1.29 is 4.74 Å². The second-order valence-electron chi connectivity index (χ2n) is 6.58. The number of nitrogens with zero attached hydrogens (tertiary/aromatic N) is 2. The van der Waals surface area contributed by atoms with E-state index in [2.05, 4.69) is 0 Å². The number of fused-ring (bicyclic) bond motifs is 1. The molecule has 8 heteroatoms. The fourth-order valence-electron chi connectivity index (χ4n) is 3.31. The van der Waals surface area contributed by atoms with Crippen LogP contribution in [0.1, 0.15) is 5.56 Å². The van der Waals surface area contributed by atoms with Crippen molar-refractivity contribution in [2.24, 2.45) is 0 Å². The summed E-state index contributed by atoms with van der Waals surface area (Å²) in [6.45, 7) is 1.45. The summed E-state index contributed by atoms with van der Waals surface area (Å²) in [7, 11) is 0. The lowest BCUT2D eigenvalue weighted by Crippen LogP contribution is -2.27. The van der Waals surface area contributed by atoms with Crippen LogP contribution in [0.2, 0.25) is 15.1 Å². The molecule has 30 heavy (non-hydrogen) atoms. The molecule has 4 aromatic rings. The minimum absolute atomic E-state index is 0. The molecule has 0 aliphatic carbocycles. The van der Waals surface area contributed by atoms with Crippen LogP contribution in [0.15, 0.2) is 66.7 Å². The zero-order chi connectivity index (χ0) is 20.4. The molecule has 0 bridgehead atoms. The van der Waals surface area contributed by atoms with Gasteiger partial charge in [-0.25, -0.2) is 0 Å². The number of imidazole rings is 1. The molecular weight excluding hydrogens is 509 g/mol. The van der Waals surface area contributed by atoms with Crippen LogP contribution < -0.4 is 10.4 Å². The fourth-order valence-corrected chi connectivity index (χ4v) is 3.82. The van der Waals surface area contributed by atoms with Gasteiger partial charge < -0.3 is 13.9 Å². The van der Waals surface area contributed by atoms with Gasteiger partial charge in [0.15, 0.2) is 0 Å². The number of ether oxygens (including phenoxy) is 1. The quantitative estimate of drug-likeness (QED) is 0.302. The minimum atomic E-state index is 0. The molecule has 4 nitrogen and oxygen atoms in total. The Labute approximate surface area is 199 Å². The van der Waals surface area contributed by atoms with Gasteiger partial charge in [-0.1, -0.05) is 65.1 Å². The molecule has 0 spiro atoms. The molecule has 0 radical (unpaired) electrons. The van der Waals surface area contributed by atoms with Crippen molar-refractivity contribution in [3.8, 4) is 5.75 Å². The second kappa shape index (κ2) is 9.92. The molecular formula is C22H19BrCl3N3O. The first-order valence-corrected chi connectivity index (χ1v) is 10.2. The highest BCUT2D eigenvalue weighted by atomic mass is 79.9. The normalized spacial score (nSPS) is 10.8. The maximum absolute atomic E-state index is 8.73. The van der Waals surface area contributed by atoms with Crippen LogP contribution in [0.5, 0.6) is 5.75 Å². The predicted molar refractivity (Wildman–Crippen MR) is 129 cm³/mol. The van der Waals surface area contributed by atoms with Gasteiger partial charge in [0.2, 0.25) is 5.62 Å². The topological polar surface area (TPSA) is 42.9 Å². The van der Waals surface area contributed by atoms with Crippen molar-refractivity contribution in [3.63, 3.8) is 0 Å². The highest BCUT2D eigenvalue weighted by Crippen LogP contribution is 2.24. The Hall–Kier alpha value is -1.92. The highest BCUT2D eigenvalue weighted by molar-refractivity contribution is 8.93. The Bertz CT molecular complexity index is 1240. The zero-order valence-electron chi connectivity index (χ0n) is 15.8. The van der Waals surface area contributed by atoms with Crippen molar-refractivity contribution in [3.05, 3.63) is 93.0 Å². The first kappa shape index (κ1) is 22.8. The lowest BCUT2D eigenvalue weighted by molar-refractivity contribution is 0.297. The monoisotopic (exact) mass is 525 g/mol. The summed E-state index contributed by atoms with van der Waals surface area (Å²) in [5.41, 5.74) is 3.31. The van der Waals surface area contributed by atoms with Gasteiger partial charge in [-0.05, 0) is 42.0 Å². The third-order valence-electron chi connectivity index (χ3n) is 4.71. The standard InChI is InChI=1S/C22H18Cl3N3O.BrH/c23-16-10-9-15(13-18(16)25)14-28-20-7-3-2-6-19(20)27(22(28)26)11-12-29-21-8-4-1-5-17(21)24;/h1-10,13,26H,11-12,14H2;1H. The number of nitrogens with one attached hydrogen (secondary N) is 1. The third kappa shape index (κ3) is 4.70. The van der Waals surface area contributed by atoms with Crippen molar-refractivity contribution in [1.29, 1.82) is 5.41 Å². The van der Waals surface area contributed by atoms with Crippen molar-refractivity contribution in [1.82, 2.24) is 9.13 Å². The molecule has 0 aliphatic rings. The van der Waals surface area contributed by atoms with E-state index in [0.717, 1.165) is 16.6 Å². The Morgan fingerprint density at radius 3 is 2.13 bits per heavy atom. The first-order chi connectivity index (χ1) is 14.0. The predicted octanol–water partition coefficient (Wildman–Crippen LogP) is 6.59. The number of hydrogen-bond acceptors (Lipinski definition) is 2. The van der Waals surface area contributed by atoms with Gasteiger partial charge in [0, 0.05) is 0 Å². The summed E-state index contributed by atoms with van der Waals surface area (Å²) >= 11 is 18.3. The first-order valence-electron chi connectivity index (χ1n) is 9.08. The van der Waals surface area contributed by atoms with Crippen LogP contribution in [0.25, 0.3) is 11.0 Å². The summed E-state index contributed by atoms with van der Waals surface area (Å²) in [6.07, 6.45) is 0. The Kier molecular flexibility index (Phi) is 7.53. The molecule has 0 aliphatic heterocycles. The van der Waals surface area contributed by atoms with Crippen LogP contribution in [0.3, 0.4) is 0 Å². The van der Waals surface area contributed by atoms with E-state index in [1.165, 1.54) is 0 Å². The zero-order valence-corrected chi connectivity index (χ0v) is 19.8. The van der Waals surface area contributed by atoms with E-state index in [-0.39, 0.29) is 17.0 Å². The van der Waals surface area contributed by atoms with Gasteiger partial charge in [-0.15, -0.1) is 17.0 Å². The summed E-state index contributed by atoms with van der Waals surface area (Å²) < 4.78 is 9.71. The number of para-hydroxylation sites is 3. The SMILES string of the molecule is Br.N=c1n(CCOc2ccccc2Cl)c2ccccc2n1Cc1ccc(Cl)c(Cl)c1. The van der Waals surface area contributed by atoms with E-state index in [1.807, 2.05) is 63.7 Å². The van der Waals surface area contributed by atoms with Gasteiger partial charge in [0.05, 0.1) is 39.2 Å². The molecule has 0 amide bonds. The van der Waals surface area contributed by atoms with Crippen LogP contribution in [0, 0.1) is 5.41 Å². The lowest BCUT2D eigenvalue weighted by atomic mass is 10.2. The lowest BCUT2D eigenvalue weighted by Gasteiger charge is -2.09. The van der Waals surface area contributed by atoms with Crippen LogP contribution >= 0.6 is 51.8 Å². The van der Waals surface area contributed by atoms with Crippen LogP contribution in [0.4, 0.5) is 0 Å². The molecule has 1 N–H and O–H groups in total. The highest BCUT2D eigenvalue weighted by Gasteiger charge is 2.12. The largest absolute Gasteiger partial charge is 0.490 e. The van der Waals surface area contributed by atoms with E-state index in [0.29, 0.717) is 46.1 Å². The summed E-state index contributed by atoms with van der Waals surface area (Å²) in [5.74, 6) is 0.640. The molecule has 0 atom stereocenters. The van der Waals surface area contributed by atoms with E-state index in [4.69, 9.17) is 44.9 Å². The van der Waals surface area contributed by atoms with E-state index in [9.17, 15) is 0 Å². The average molecular weight is 528 g/mol. The minimum Gasteiger partial charge on any atom is -0.490 e. The van der Waals surface area contributed by atoms with E-state index in [1.54, 1.807) is 12.1 Å². The number of aromatic nitrogens is 2. The molecule has 0 fully saturated rings. The Morgan fingerprint density at radius 1 is 0.767 bits per heavy atom. The number of hydrogen-bond donors (Lipinski definition) is 1. The van der Waals surface area contributed by atoms with Crippen LogP contribution in [-0.2, 0) is 13.1 Å². The van der Waals surface area contributed by atoms with E-state index < -0.39 is 0 Å². The summed E-state index contributed by atoms with van der Waals surface area (Å²) in [4.78, 5) is 0. The molecule has 1 aromatic heterocycles. The number of halogens is 4. The Morgan fingerprint density at radius 2 is 1.43 bits per heavy atom. The molecule has 3 aromatic carbocycles. The van der Waals surface area contributed by atoms with Gasteiger partial charge in [0.25, 0.3) is 0 Å². The van der Waals surface area contributed by atoms with Crippen LogP contribution in [-0.4, -0.2) is 15.7 Å². The van der Waals surface area contributed by atoms with Gasteiger partial charge in [-0.3, -0.25) is 5.41 Å². The van der Waals surface area contributed by atoms with Crippen molar-refractivity contribution in [2.45, 2.75) is 13.1 Å². The van der Waals surface area contributed by atoms with Crippen molar-refractivity contribution in [2.75, 3.05) is 6.61 Å².